The molecule has 1 N–H and O–H groups in total. The fourth-order valence-corrected chi connectivity index (χ4v) is 2.39. The molecular formula is C16H17NO3S. The van der Waals surface area contributed by atoms with E-state index in [0.717, 1.165) is 5.75 Å². The number of hydrogen-bond acceptors (Lipinski definition) is 3. The minimum atomic E-state index is -1.07. The van der Waals surface area contributed by atoms with E-state index in [-0.39, 0.29) is 5.91 Å². The van der Waals surface area contributed by atoms with E-state index in [0.29, 0.717) is 22.8 Å². The fourth-order valence-electron chi connectivity index (χ4n) is 1.83. The highest BCUT2D eigenvalue weighted by atomic mass is 32.2. The molecule has 2 rings (SSSR count). The lowest BCUT2D eigenvalue weighted by molar-refractivity contribution is 0.102. The van der Waals surface area contributed by atoms with Crippen LogP contribution in [0.4, 0.5) is 5.69 Å². The van der Waals surface area contributed by atoms with E-state index >= 15 is 0 Å². The number of hydrogen-bond donors (Lipinski definition) is 1. The number of benzene rings is 2. The van der Waals surface area contributed by atoms with Crippen molar-refractivity contribution in [3.63, 3.8) is 0 Å². The third-order valence-electron chi connectivity index (χ3n) is 2.85. The van der Waals surface area contributed by atoms with E-state index in [1.54, 1.807) is 54.8 Å². The second-order valence-corrected chi connectivity index (χ2v) is 5.77. The molecule has 0 heterocycles. The average Bonchev–Trinajstić information content (AvgIpc) is 2.48. The summed E-state index contributed by atoms with van der Waals surface area (Å²) in [5.74, 6) is 0.523. The van der Waals surface area contributed by atoms with E-state index in [4.69, 9.17) is 4.74 Å². The molecule has 1 unspecified atom stereocenters. The van der Waals surface area contributed by atoms with Crippen LogP contribution in [0.5, 0.6) is 5.75 Å². The minimum Gasteiger partial charge on any atom is -0.494 e. The molecule has 5 heteroatoms. The summed E-state index contributed by atoms with van der Waals surface area (Å²) in [4.78, 5) is 12.8. The van der Waals surface area contributed by atoms with Gasteiger partial charge in [0.25, 0.3) is 5.91 Å². The van der Waals surface area contributed by atoms with Crippen LogP contribution in [0.2, 0.25) is 0 Å². The van der Waals surface area contributed by atoms with Crippen molar-refractivity contribution in [3.05, 3.63) is 54.1 Å². The van der Waals surface area contributed by atoms with Crippen molar-refractivity contribution in [2.45, 2.75) is 11.8 Å². The Hall–Kier alpha value is -2.14. The second-order valence-electron chi connectivity index (χ2n) is 4.39. The highest BCUT2D eigenvalue weighted by Gasteiger charge is 2.07. The number of amides is 1. The van der Waals surface area contributed by atoms with Crippen LogP contribution in [-0.4, -0.2) is 23.0 Å². The van der Waals surface area contributed by atoms with Gasteiger partial charge in [0.2, 0.25) is 0 Å². The molecule has 1 atom stereocenters. The number of carbonyl (C=O) groups excluding carboxylic acids is 1. The maximum Gasteiger partial charge on any atom is 0.255 e. The molecule has 0 spiro atoms. The van der Waals surface area contributed by atoms with Crippen molar-refractivity contribution in [1.82, 2.24) is 0 Å². The molecule has 2 aromatic carbocycles. The average molecular weight is 303 g/mol. The van der Waals surface area contributed by atoms with E-state index in [1.165, 1.54) is 0 Å². The molecule has 0 radical (unpaired) electrons. The van der Waals surface area contributed by atoms with Crippen LogP contribution in [0.25, 0.3) is 0 Å². The van der Waals surface area contributed by atoms with E-state index < -0.39 is 10.8 Å². The first-order valence-corrected chi connectivity index (χ1v) is 8.13. The van der Waals surface area contributed by atoms with Crippen LogP contribution in [0.1, 0.15) is 17.3 Å². The molecule has 21 heavy (non-hydrogen) atoms. The third-order valence-corrected chi connectivity index (χ3v) is 3.77. The Morgan fingerprint density at radius 1 is 1.19 bits per heavy atom. The summed E-state index contributed by atoms with van der Waals surface area (Å²) in [5.41, 5.74) is 1.17. The van der Waals surface area contributed by atoms with Crippen molar-refractivity contribution in [2.24, 2.45) is 0 Å². The lowest BCUT2D eigenvalue weighted by Gasteiger charge is -2.07. The molecule has 0 aliphatic heterocycles. The van der Waals surface area contributed by atoms with Gasteiger partial charge in [0, 0.05) is 33.2 Å². The normalized spacial score (nSPS) is 11.7. The zero-order chi connectivity index (χ0) is 15.2. The largest absolute Gasteiger partial charge is 0.494 e. The van der Waals surface area contributed by atoms with Crippen LogP contribution < -0.4 is 10.1 Å². The predicted octanol–water partition coefficient (Wildman–Crippen LogP) is 3.08. The first kappa shape index (κ1) is 15.3. The van der Waals surface area contributed by atoms with E-state index in [1.807, 2.05) is 6.92 Å². The maximum absolute atomic E-state index is 12.1. The number of ether oxygens (including phenoxy) is 1. The van der Waals surface area contributed by atoms with Crippen LogP contribution in [0, 0.1) is 0 Å². The number of nitrogens with one attached hydrogen (secondary N) is 1. The summed E-state index contributed by atoms with van der Waals surface area (Å²) in [6, 6.07) is 14.0. The lowest BCUT2D eigenvalue weighted by Crippen LogP contribution is -2.12. The highest BCUT2D eigenvalue weighted by molar-refractivity contribution is 7.84. The Kier molecular flexibility index (Phi) is 5.11. The Morgan fingerprint density at radius 3 is 2.52 bits per heavy atom. The van der Waals surface area contributed by atoms with Gasteiger partial charge in [-0.05, 0) is 49.4 Å². The summed E-state index contributed by atoms with van der Waals surface area (Å²) in [5, 5.41) is 2.79. The monoisotopic (exact) mass is 303 g/mol. The minimum absolute atomic E-state index is 0.211. The highest BCUT2D eigenvalue weighted by Crippen LogP contribution is 2.16. The molecule has 0 aromatic heterocycles. The third kappa shape index (κ3) is 4.16. The summed E-state index contributed by atoms with van der Waals surface area (Å²) < 4.78 is 16.8. The number of rotatable bonds is 5. The van der Waals surface area contributed by atoms with Gasteiger partial charge >= 0.3 is 0 Å². The molecule has 2 aromatic rings. The van der Waals surface area contributed by atoms with Crippen LogP contribution in [-0.2, 0) is 10.8 Å². The quantitative estimate of drug-likeness (QED) is 0.923. The van der Waals surface area contributed by atoms with Gasteiger partial charge in [-0.2, -0.15) is 0 Å². The van der Waals surface area contributed by atoms with E-state index in [2.05, 4.69) is 5.32 Å². The fraction of sp³-hybridized carbons (Fsp3) is 0.188. The molecule has 0 aliphatic rings. The van der Waals surface area contributed by atoms with Gasteiger partial charge in [0.05, 0.1) is 6.61 Å². The zero-order valence-corrected chi connectivity index (χ0v) is 12.8. The summed E-state index contributed by atoms with van der Waals surface area (Å²) in [6.45, 7) is 2.50. The molecule has 0 bridgehead atoms. The lowest BCUT2D eigenvalue weighted by atomic mass is 10.2. The van der Waals surface area contributed by atoms with Crippen molar-refractivity contribution in [2.75, 3.05) is 18.2 Å². The van der Waals surface area contributed by atoms with Crippen molar-refractivity contribution in [1.29, 1.82) is 0 Å². The topological polar surface area (TPSA) is 55.4 Å². The van der Waals surface area contributed by atoms with Gasteiger partial charge in [0.15, 0.2) is 0 Å². The van der Waals surface area contributed by atoms with Gasteiger partial charge in [-0.1, -0.05) is 6.07 Å². The molecule has 0 fully saturated rings. The Morgan fingerprint density at radius 2 is 1.90 bits per heavy atom. The van der Waals surface area contributed by atoms with Crippen LogP contribution in [0.15, 0.2) is 53.4 Å². The van der Waals surface area contributed by atoms with E-state index in [9.17, 15) is 9.00 Å². The van der Waals surface area contributed by atoms with Crippen molar-refractivity contribution >= 4 is 22.4 Å². The van der Waals surface area contributed by atoms with Crippen LogP contribution >= 0.6 is 0 Å². The predicted molar refractivity (Wildman–Crippen MR) is 84.3 cm³/mol. The zero-order valence-electron chi connectivity index (χ0n) is 12.0. The number of anilines is 1. The SMILES string of the molecule is CCOc1ccc(C(=O)Nc2cccc(S(C)=O)c2)cc1. The van der Waals surface area contributed by atoms with Gasteiger partial charge in [-0.15, -0.1) is 0 Å². The van der Waals surface area contributed by atoms with Crippen molar-refractivity contribution in [3.8, 4) is 5.75 Å². The number of carbonyl (C=O) groups is 1. The maximum atomic E-state index is 12.1. The molecule has 110 valence electrons. The molecular weight excluding hydrogens is 286 g/mol. The first-order chi connectivity index (χ1) is 10.1. The summed E-state index contributed by atoms with van der Waals surface area (Å²) in [6.07, 6.45) is 1.60. The Balaban J connectivity index is 2.10. The van der Waals surface area contributed by atoms with Gasteiger partial charge < -0.3 is 10.1 Å². The molecule has 1 amide bonds. The standard InChI is InChI=1S/C16H17NO3S/c1-3-20-14-9-7-12(8-10-14)16(18)17-13-5-4-6-15(11-13)21(2)19/h4-11H,3H2,1-2H3,(H,17,18). The first-order valence-electron chi connectivity index (χ1n) is 6.58. The Labute approximate surface area is 126 Å². The molecule has 0 saturated heterocycles. The van der Waals surface area contributed by atoms with Crippen LogP contribution in [0.3, 0.4) is 0 Å². The van der Waals surface area contributed by atoms with Crippen molar-refractivity contribution < 1.29 is 13.7 Å². The smallest absolute Gasteiger partial charge is 0.255 e. The summed E-state index contributed by atoms with van der Waals surface area (Å²) >= 11 is 0. The summed E-state index contributed by atoms with van der Waals surface area (Å²) in [7, 11) is -1.07. The van der Waals surface area contributed by atoms with Gasteiger partial charge in [-0.3, -0.25) is 9.00 Å². The molecule has 4 nitrogen and oxygen atoms in total. The Bertz CT molecular complexity index is 653. The second kappa shape index (κ2) is 7.04. The molecule has 0 aliphatic carbocycles. The van der Waals surface area contributed by atoms with Gasteiger partial charge in [-0.25, -0.2) is 0 Å². The molecule has 0 saturated carbocycles. The van der Waals surface area contributed by atoms with Gasteiger partial charge in [0.1, 0.15) is 5.75 Å².